The van der Waals surface area contributed by atoms with Gasteiger partial charge in [0.2, 0.25) is 0 Å². The molecule has 0 amide bonds. The van der Waals surface area contributed by atoms with Crippen LogP contribution < -0.4 is 5.32 Å². The molecule has 1 aliphatic rings. The summed E-state index contributed by atoms with van der Waals surface area (Å²) in [5, 5.41) is 4.72. The summed E-state index contributed by atoms with van der Waals surface area (Å²) in [4.78, 5) is 6.35. The maximum absolute atomic E-state index is 5.98. The van der Waals surface area contributed by atoms with Crippen LogP contribution in [0.25, 0.3) is 0 Å². The third-order valence-electron chi connectivity index (χ3n) is 4.69. The van der Waals surface area contributed by atoms with Crippen molar-refractivity contribution in [3.8, 4) is 0 Å². The van der Waals surface area contributed by atoms with Crippen LogP contribution in [0.5, 0.6) is 0 Å². The summed E-state index contributed by atoms with van der Waals surface area (Å²) in [6, 6.07) is 0. The Morgan fingerprint density at radius 1 is 1.33 bits per heavy atom. The highest BCUT2D eigenvalue weighted by Gasteiger charge is 2.39. The molecule has 0 aliphatic heterocycles. The maximum atomic E-state index is 5.98. The Hall–Kier alpha value is -0.450. The lowest BCUT2D eigenvalue weighted by molar-refractivity contribution is -0.0531. The highest BCUT2D eigenvalue weighted by molar-refractivity contribution is 7.11. The first-order valence-electron chi connectivity index (χ1n) is 8.40. The van der Waals surface area contributed by atoms with Gasteiger partial charge in [0.25, 0.3) is 0 Å². The van der Waals surface area contributed by atoms with E-state index in [1.807, 2.05) is 18.4 Å². The minimum absolute atomic E-state index is 0.121. The zero-order valence-corrected chi connectivity index (χ0v) is 14.8. The molecule has 0 aromatic carbocycles. The van der Waals surface area contributed by atoms with Gasteiger partial charge in [-0.05, 0) is 51.0 Å². The largest absolute Gasteiger partial charge is 0.371 e. The molecule has 4 heteroatoms. The first-order chi connectivity index (χ1) is 10.1. The van der Waals surface area contributed by atoms with Gasteiger partial charge in [-0.1, -0.05) is 20.8 Å². The highest BCUT2D eigenvalue weighted by Crippen LogP contribution is 2.44. The molecule has 0 saturated heterocycles. The van der Waals surface area contributed by atoms with E-state index in [1.54, 1.807) is 0 Å². The van der Waals surface area contributed by atoms with E-state index < -0.39 is 0 Å². The van der Waals surface area contributed by atoms with Crippen molar-refractivity contribution >= 4 is 11.3 Å². The molecular formula is C17H30N2OS. The number of nitrogens with zero attached hydrogens (tertiary/aromatic N) is 1. The Morgan fingerprint density at radius 3 is 2.62 bits per heavy atom. The predicted molar refractivity (Wildman–Crippen MR) is 89.8 cm³/mol. The third kappa shape index (κ3) is 3.85. The fourth-order valence-electron chi connectivity index (χ4n) is 3.11. The minimum atomic E-state index is -0.121. The van der Waals surface area contributed by atoms with Crippen LogP contribution in [-0.4, -0.2) is 18.6 Å². The van der Waals surface area contributed by atoms with Crippen molar-refractivity contribution in [3.05, 3.63) is 15.6 Å². The molecule has 2 rings (SSSR count). The second-order valence-corrected chi connectivity index (χ2v) is 7.38. The number of aromatic nitrogens is 1. The van der Waals surface area contributed by atoms with Gasteiger partial charge in [0, 0.05) is 18.5 Å². The SMILES string of the molecule is CCCNCc1sc(C2(OC)CCC(C)CC2)nc1CC. The molecule has 21 heavy (non-hydrogen) atoms. The molecule has 1 aromatic rings. The van der Waals surface area contributed by atoms with Crippen molar-refractivity contribution in [3.63, 3.8) is 0 Å². The van der Waals surface area contributed by atoms with E-state index in [-0.39, 0.29) is 5.60 Å². The Morgan fingerprint density at radius 2 is 2.05 bits per heavy atom. The molecular weight excluding hydrogens is 280 g/mol. The number of aryl methyl sites for hydroxylation is 1. The summed E-state index contributed by atoms with van der Waals surface area (Å²) in [5.74, 6) is 0.824. The van der Waals surface area contributed by atoms with Gasteiger partial charge in [-0.2, -0.15) is 0 Å². The van der Waals surface area contributed by atoms with Crippen LogP contribution in [0.1, 0.15) is 68.5 Å². The Kier molecular flexibility index (Phi) is 6.20. The van der Waals surface area contributed by atoms with Crippen molar-refractivity contribution < 1.29 is 4.74 Å². The quantitative estimate of drug-likeness (QED) is 0.764. The van der Waals surface area contributed by atoms with Crippen LogP contribution in [0.2, 0.25) is 0 Å². The lowest BCUT2D eigenvalue weighted by Crippen LogP contribution is -2.33. The van der Waals surface area contributed by atoms with E-state index in [0.717, 1.165) is 38.3 Å². The van der Waals surface area contributed by atoms with E-state index in [1.165, 1.54) is 34.8 Å². The fourth-order valence-corrected chi connectivity index (χ4v) is 4.45. The smallest absolute Gasteiger partial charge is 0.125 e. The Labute approximate surface area is 133 Å². The first kappa shape index (κ1) is 16.9. The van der Waals surface area contributed by atoms with E-state index in [0.29, 0.717) is 0 Å². The van der Waals surface area contributed by atoms with E-state index in [9.17, 15) is 0 Å². The number of rotatable bonds is 7. The summed E-state index contributed by atoms with van der Waals surface area (Å²) in [5.41, 5.74) is 1.14. The lowest BCUT2D eigenvalue weighted by atomic mass is 9.80. The zero-order chi connectivity index (χ0) is 15.3. The summed E-state index contributed by atoms with van der Waals surface area (Å²) >= 11 is 1.87. The second-order valence-electron chi connectivity index (χ2n) is 6.30. The van der Waals surface area contributed by atoms with Crippen LogP contribution >= 0.6 is 11.3 Å². The first-order valence-corrected chi connectivity index (χ1v) is 9.21. The van der Waals surface area contributed by atoms with E-state index >= 15 is 0 Å². The minimum Gasteiger partial charge on any atom is -0.371 e. The van der Waals surface area contributed by atoms with Crippen molar-refractivity contribution in [2.45, 2.75) is 71.4 Å². The molecule has 1 N–H and O–H groups in total. The molecule has 1 heterocycles. The monoisotopic (exact) mass is 310 g/mol. The molecule has 0 unspecified atom stereocenters. The normalized spacial score (nSPS) is 26.2. The molecule has 0 radical (unpaired) electrons. The van der Waals surface area contributed by atoms with Gasteiger partial charge < -0.3 is 10.1 Å². The molecule has 120 valence electrons. The zero-order valence-electron chi connectivity index (χ0n) is 14.0. The Balaban J connectivity index is 2.17. The van der Waals surface area contributed by atoms with Crippen LogP contribution in [0.15, 0.2) is 0 Å². The van der Waals surface area contributed by atoms with Gasteiger partial charge in [-0.25, -0.2) is 4.98 Å². The second kappa shape index (κ2) is 7.70. The van der Waals surface area contributed by atoms with E-state index in [4.69, 9.17) is 9.72 Å². The van der Waals surface area contributed by atoms with Gasteiger partial charge in [0.05, 0.1) is 5.69 Å². The molecule has 1 aliphatic carbocycles. The third-order valence-corrected chi connectivity index (χ3v) is 5.97. The topological polar surface area (TPSA) is 34.1 Å². The van der Waals surface area contributed by atoms with Crippen LogP contribution in [0, 0.1) is 5.92 Å². The van der Waals surface area contributed by atoms with Gasteiger partial charge in [0.1, 0.15) is 10.6 Å². The predicted octanol–water partition coefficient (Wildman–Crippen LogP) is 4.26. The number of hydrogen-bond donors (Lipinski definition) is 1. The molecule has 1 fully saturated rings. The van der Waals surface area contributed by atoms with Gasteiger partial charge in [-0.3, -0.25) is 0 Å². The summed E-state index contributed by atoms with van der Waals surface area (Å²) < 4.78 is 5.98. The van der Waals surface area contributed by atoms with Crippen LogP contribution in [0.4, 0.5) is 0 Å². The van der Waals surface area contributed by atoms with E-state index in [2.05, 4.69) is 26.1 Å². The fraction of sp³-hybridized carbons (Fsp3) is 0.824. The number of hydrogen-bond acceptors (Lipinski definition) is 4. The maximum Gasteiger partial charge on any atom is 0.125 e. The van der Waals surface area contributed by atoms with Crippen molar-refractivity contribution in [2.24, 2.45) is 5.92 Å². The van der Waals surface area contributed by atoms with Gasteiger partial charge >= 0.3 is 0 Å². The standard InChI is InChI=1S/C17H30N2OS/c1-5-11-18-12-15-14(6-2)19-16(21-15)17(20-4)9-7-13(3)8-10-17/h13,18H,5-12H2,1-4H3. The molecule has 0 bridgehead atoms. The molecule has 0 spiro atoms. The highest BCUT2D eigenvalue weighted by atomic mass is 32.1. The average Bonchev–Trinajstić information content (AvgIpc) is 2.92. The van der Waals surface area contributed by atoms with Crippen molar-refractivity contribution in [2.75, 3.05) is 13.7 Å². The van der Waals surface area contributed by atoms with Crippen molar-refractivity contribution in [1.82, 2.24) is 10.3 Å². The average molecular weight is 311 g/mol. The molecule has 1 saturated carbocycles. The molecule has 3 nitrogen and oxygen atoms in total. The van der Waals surface area contributed by atoms with Crippen LogP contribution in [0.3, 0.4) is 0 Å². The summed E-state index contributed by atoms with van der Waals surface area (Å²) in [6.45, 7) is 8.77. The molecule has 1 aromatic heterocycles. The van der Waals surface area contributed by atoms with Crippen molar-refractivity contribution in [1.29, 1.82) is 0 Å². The lowest BCUT2D eigenvalue weighted by Gasteiger charge is -2.36. The Bertz CT molecular complexity index is 436. The summed E-state index contributed by atoms with van der Waals surface area (Å²) in [7, 11) is 1.86. The summed E-state index contributed by atoms with van der Waals surface area (Å²) in [6.07, 6.45) is 6.91. The van der Waals surface area contributed by atoms with Crippen LogP contribution in [-0.2, 0) is 23.3 Å². The number of methoxy groups -OCH3 is 1. The van der Waals surface area contributed by atoms with Gasteiger partial charge in [-0.15, -0.1) is 11.3 Å². The number of ether oxygens (including phenoxy) is 1. The molecule has 0 atom stereocenters. The van der Waals surface area contributed by atoms with Gasteiger partial charge in [0.15, 0.2) is 0 Å². The number of nitrogens with one attached hydrogen (secondary N) is 1. The number of thiazole rings is 1.